The van der Waals surface area contributed by atoms with Gasteiger partial charge in [-0.3, -0.25) is 0 Å². The van der Waals surface area contributed by atoms with Gasteiger partial charge in [-0.25, -0.2) is 0 Å². The van der Waals surface area contributed by atoms with E-state index in [9.17, 15) is 0 Å². The second kappa shape index (κ2) is 8.36. The number of hydrogen-bond acceptors (Lipinski definition) is 4. The minimum atomic E-state index is 0.489. The van der Waals surface area contributed by atoms with Crippen molar-refractivity contribution in [2.75, 3.05) is 0 Å². The van der Waals surface area contributed by atoms with Crippen LogP contribution in [-0.2, 0) is 0 Å². The van der Waals surface area contributed by atoms with E-state index in [1.807, 2.05) is 60.7 Å². The summed E-state index contributed by atoms with van der Waals surface area (Å²) in [6.45, 7) is 0. The Kier molecular flexibility index (Phi) is 4.74. The molecule has 2 aromatic heterocycles. The topological polar surface area (TPSA) is 52.1 Å². The Hall–Kier alpha value is -4.96. The van der Waals surface area contributed by atoms with Gasteiger partial charge in [-0.15, -0.1) is 10.2 Å². The molecule has 0 aliphatic rings. The summed E-state index contributed by atoms with van der Waals surface area (Å²) in [5, 5.41) is 10.9. The van der Waals surface area contributed by atoms with E-state index in [4.69, 9.17) is 8.83 Å². The van der Waals surface area contributed by atoms with Gasteiger partial charge in [0.25, 0.3) is 0 Å². The second-order valence-corrected chi connectivity index (χ2v) is 8.72. The van der Waals surface area contributed by atoms with E-state index in [0.29, 0.717) is 11.8 Å². The first-order valence-electron chi connectivity index (χ1n) is 11.8. The zero-order valence-corrected chi connectivity index (χ0v) is 19.3. The van der Waals surface area contributed by atoms with Gasteiger partial charge in [0.05, 0.1) is 0 Å². The molecule has 0 aliphatic heterocycles. The Labute approximate surface area is 207 Å². The van der Waals surface area contributed by atoms with E-state index < -0.39 is 0 Å². The average molecular weight is 465 g/mol. The smallest absolute Gasteiger partial charge is 0.248 e. The summed E-state index contributed by atoms with van der Waals surface area (Å²) in [4.78, 5) is 0. The molecule has 0 spiro atoms. The quantitative estimate of drug-likeness (QED) is 0.262. The van der Waals surface area contributed by atoms with Crippen molar-refractivity contribution in [2.24, 2.45) is 0 Å². The Morgan fingerprint density at radius 2 is 1.06 bits per heavy atom. The van der Waals surface area contributed by atoms with Crippen molar-refractivity contribution in [1.82, 2.24) is 10.2 Å². The minimum absolute atomic E-state index is 0.489. The molecule has 0 amide bonds. The molecule has 170 valence electrons. The normalized spacial score (nSPS) is 11.3. The lowest BCUT2D eigenvalue weighted by Crippen LogP contribution is -1.81. The van der Waals surface area contributed by atoms with Crippen molar-refractivity contribution < 1.29 is 8.83 Å². The van der Waals surface area contributed by atoms with Crippen LogP contribution in [0.4, 0.5) is 0 Å². The lowest BCUT2D eigenvalue weighted by molar-refractivity contribution is 0.584. The molecule has 0 saturated heterocycles. The van der Waals surface area contributed by atoms with Crippen molar-refractivity contribution in [3.8, 4) is 45.2 Å². The zero-order valence-electron chi connectivity index (χ0n) is 19.3. The highest BCUT2D eigenvalue weighted by atomic mass is 16.4. The third-order valence-corrected chi connectivity index (χ3v) is 6.49. The number of nitrogens with zero attached hydrogens (tertiary/aromatic N) is 2. The number of hydrogen-bond donors (Lipinski definition) is 0. The van der Waals surface area contributed by atoms with Crippen LogP contribution in [0.3, 0.4) is 0 Å². The van der Waals surface area contributed by atoms with Crippen LogP contribution in [-0.4, -0.2) is 10.2 Å². The van der Waals surface area contributed by atoms with E-state index in [1.165, 1.54) is 0 Å². The molecule has 0 bridgehead atoms. The molecule has 36 heavy (non-hydrogen) atoms. The molecular formula is C32H20N2O2. The van der Waals surface area contributed by atoms with Crippen molar-refractivity contribution in [2.45, 2.75) is 0 Å². The molecule has 5 aromatic carbocycles. The predicted octanol–water partition coefficient (Wildman–Crippen LogP) is 8.64. The SMILES string of the molecule is c1ccc(-c2cccc(-c3nnc(-c4ccc(-c5cccc6c5oc5ccccc56)cc4)o3)c2)cc1. The fourth-order valence-corrected chi connectivity index (χ4v) is 4.69. The van der Waals surface area contributed by atoms with Gasteiger partial charge in [0.2, 0.25) is 11.8 Å². The number of rotatable bonds is 4. The third kappa shape index (κ3) is 3.48. The van der Waals surface area contributed by atoms with Gasteiger partial charge in [0.15, 0.2) is 0 Å². The van der Waals surface area contributed by atoms with Crippen molar-refractivity contribution in [3.05, 3.63) is 121 Å². The Morgan fingerprint density at radius 3 is 1.92 bits per heavy atom. The Morgan fingerprint density at radius 1 is 0.417 bits per heavy atom. The molecule has 0 aliphatic carbocycles. The molecule has 0 unspecified atom stereocenters. The van der Waals surface area contributed by atoms with E-state index in [1.54, 1.807) is 0 Å². The molecule has 0 radical (unpaired) electrons. The van der Waals surface area contributed by atoms with Crippen LogP contribution in [0.1, 0.15) is 0 Å². The van der Waals surface area contributed by atoms with Gasteiger partial charge >= 0.3 is 0 Å². The van der Waals surface area contributed by atoms with Gasteiger partial charge in [0.1, 0.15) is 11.2 Å². The molecule has 7 rings (SSSR count). The highest BCUT2D eigenvalue weighted by Gasteiger charge is 2.14. The summed E-state index contributed by atoms with van der Waals surface area (Å²) in [6, 6.07) is 41.0. The summed E-state index contributed by atoms with van der Waals surface area (Å²) >= 11 is 0. The molecule has 0 atom stereocenters. The van der Waals surface area contributed by atoms with Gasteiger partial charge in [-0.1, -0.05) is 91.0 Å². The lowest BCUT2D eigenvalue weighted by Gasteiger charge is -2.04. The second-order valence-electron chi connectivity index (χ2n) is 8.72. The predicted molar refractivity (Wildman–Crippen MR) is 143 cm³/mol. The molecular weight excluding hydrogens is 444 g/mol. The van der Waals surface area contributed by atoms with Gasteiger partial charge < -0.3 is 8.83 Å². The summed E-state index contributed by atoms with van der Waals surface area (Å²) in [5.74, 6) is 0.988. The molecule has 4 heteroatoms. The van der Waals surface area contributed by atoms with Crippen LogP contribution in [0.15, 0.2) is 130 Å². The summed E-state index contributed by atoms with van der Waals surface area (Å²) < 4.78 is 12.3. The van der Waals surface area contributed by atoms with Crippen LogP contribution < -0.4 is 0 Å². The highest BCUT2D eigenvalue weighted by molar-refractivity contribution is 6.09. The van der Waals surface area contributed by atoms with Crippen LogP contribution >= 0.6 is 0 Å². The maximum Gasteiger partial charge on any atom is 0.248 e. The fraction of sp³-hybridized carbons (Fsp3) is 0. The molecule has 0 saturated carbocycles. The minimum Gasteiger partial charge on any atom is -0.455 e. The molecule has 2 heterocycles. The highest BCUT2D eigenvalue weighted by Crippen LogP contribution is 2.36. The fourth-order valence-electron chi connectivity index (χ4n) is 4.69. The maximum atomic E-state index is 6.21. The van der Waals surface area contributed by atoms with Gasteiger partial charge in [-0.2, -0.15) is 0 Å². The van der Waals surface area contributed by atoms with Crippen molar-refractivity contribution in [1.29, 1.82) is 0 Å². The first kappa shape index (κ1) is 20.4. The van der Waals surface area contributed by atoms with Crippen LogP contribution in [0.25, 0.3) is 67.1 Å². The summed E-state index contributed by atoms with van der Waals surface area (Å²) in [5.41, 5.74) is 7.93. The van der Waals surface area contributed by atoms with E-state index >= 15 is 0 Å². The first-order valence-corrected chi connectivity index (χ1v) is 11.8. The van der Waals surface area contributed by atoms with Crippen LogP contribution in [0, 0.1) is 0 Å². The molecule has 0 N–H and O–H groups in total. The number of benzene rings is 5. The number of para-hydroxylation sites is 2. The largest absolute Gasteiger partial charge is 0.455 e. The lowest BCUT2D eigenvalue weighted by atomic mass is 10.0. The molecule has 4 nitrogen and oxygen atoms in total. The Balaban J connectivity index is 1.21. The molecule has 0 fully saturated rings. The van der Waals surface area contributed by atoms with Crippen LogP contribution in [0.5, 0.6) is 0 Å². The Bertz CT molecular complexity index is 1830. The monoisotopic (exact) mass is 464 g/mol. The van der Waals surface area contributed by atoms with E-state index in [0.717, 1.165) is 55.3 Å². The standard InChI is InChI=1S/C32H20N2O2/c1-2-8-21(9-3-1)24-10-6-11-25(20-24)32-34-33-31(36-32)23-18-16-22(17-19-23)26-13-7-14-28-27-12-4-5-15-29(27)35-30(26)28/h1-20H. The first-order chi connectivity index (χ1) is 17.8. The molecule has 7 aromatic rings. The van der Waals surface area contributed by atoms with E-state index in [2.05, 4.69) is 70.9 Å². The van der Waals surface area contributed by atoms with Crippen molar-refractivity contribution in [3.63, 3.8) is 0 Å². The third-order valence-electron chi connectivity index (χ3n) is 6.49. The number of fused-ring (bicyclic) bond motifs is 3. The number of furan rings is 1. The van der Waals surface area contributed by atoms with Crippen molar-refractivity contribution >= 4 is 21.9 Å². The van der Waals surface area contributed by atoms with Gasteiger partial charge in [-0.05, 0) is 47.0 Å². The van der Waals surface area contributed by atoms with E-state index in [-0.39, 0.29) is 0 Å². The number of aromatic nitrogens is 2. The van der Waals surface area contributed by atoms with Gasteiger partial charge in [0, 0.05) is 27.5 Å². The zero-order chi connectivity index (χ0) is 23.9. The van der Waals surface area contributed by atoms with Crippen LogP contribution in [0.2, 0.25) is 0 Å². The summed E-state index contributed by atoms with van der Waals surface area (Å²) in [6.07, 6.45) is 0. The maximum absolute atomic E-state index is 6.21. The summed E-state index contributed by atoms with van der Waals surface area (Å²) in [7, 11) is 0. The average Bonchev–Trinajstić information content (AvgIpc) is 3.59.